The maximum Gasteiger partial charge on any atom is 0.248 e. The van der Waals surface area contributed by atoms with Crippen molar-refractivity contribution in [3.8, 4) is 0 Å². The highest BCUT2D eigenvalue weighted by Gasteiger charge is 2.04. The number of hydrogen-bond donors (Lipinski definition) is 2. The zero-order valence-corrected chi connectivity index (χ0v) is 12.7. The summed E-state index contributed by atoms with van der Waals surface area (Å²) in [4.78, 5) is 12.0. The van der Waals surface area contributed by atoms with Crippen molar-refractivity contribution in [2.75, 3.05) is 11.5 Å². The molecule has 1 aromatic carbocycles. The number of carbonyl (C=O) groups is 1. The van der Waals surface area contributed by atoms with Crippen LogP contribution in [0.3, 0.4) is 0 Å². The number of benzene rings is 1. The van der Waals surface area contributed by atoms with Gasteiger partial charge in [0.05, 0.1) is 0 Å². The predicted molar refractivity (Wildman–Crippen MR) is 83.0 cm³/mol. The van der Waals surface area contributed by atoms with Crippen LogP contribution in [-0.4, -0.2) is 22.5 Å². The Balaban J connectivity index is 2.27. The van der Waals surface area contributed by atoms with E-state index in [0.717, 1.165) is 27.9 Å². The van der Waals surface area contributed by atoms with Crippen molar-refractivity contribution in [1.82, 2.24) is 0 Å². The van der Waals surface area contributed by atoms with E-state index >= 15 is 0 Å². The number of amides is 1. The summed E-state index contributed by atoms with van der Waals surface area (Å²) in [5, 5.41) is 6.82. The zero-order chi connectivity index (χ0) is 13.4. The van der Waals surface area contributed by atoms with Gasteiger partial charge < -0.3 is 5.73 Å². The first-order valence-corrected chi connectivity index (χ1v) is 8.87. The molecule has 1 aromatic rings. The highest BCUT2D eigenvalue weighted by Crippen LogP contribution is 2.31. The van der Waals surface area contributed by atoms with Gasteiger partial charge in [0.2, 0.25) is 11.0 Å². The van der Waals surface area contributed by atoms with Crippen molar-refractivity contribution in [1.29, 1.82) is 0 Å². The minimum absolute atomic E-state index is 0.391. The monoisotopic (exact) mass is 301 g/mol. The second-order valence-electron chi connectivity index (χ2n) is 3.44. The molecule has 18 heavy (non-hydrogen) atoms. The molecule has 3 nitrogen and oxygen atoms in total. The number of thioether (sulfide) groups is 1. The van der Waals surface area contributed by atoms with Crippen LogP contribution in [0.5, 0.6) is 0 Å². The molecule has 1 amide bonds. The minimum atomic E-state index is -0.391. The summed E-state index contributed by atoms with van der Waals surface area (Å²) in [6, 6.07) is 7.31. The van der Waals surface area contributed by atoms with Gasteiger partial charge in [-0.3, -0.25) is 10.2 Å². The van der Waals surface area contributed by atoms with Gasteiger partial charge in [-0.1, -0.05) is 40.3 Å². The van der Waals surface area contributed by atoms with E-state index in [1.807, 2.05) is 12.1 Å². The quantitative estimate of drug-likeness (QED) is 0.349. The Morgan fingerprint density at radius 2 is 2.00 bits per heavy atom. The van der Waals surface area contributed by atoms with E-state index in [0.29, 0.717) is 5.56 Å². The smallest absolute Gasteiger partial charge is 0.248 e. The normalized spacial score (nSPS) is 10.3. The number of primary amides is 1. The van der Waals surface area contributed by atoms with Gasteiger partial charge in [-0.2, -0.15) is 0 Å². The van der Waals surface area contributed by atoms with E-state index in [1.165, 1.54) is 0 Å². The van der Waals surface area contributed by atoms with Gasteiger partial charge in [0.1, 0.15) is 0 Å². The van der Waals surface area contributed by atoms with Crippen LogP contribution in [0.2, 0.25) is 0 Å². The molecular formula is C12H17N2OS3+. The maximum absolute atomic E-state index is 10.9. The fraction of sp³-hybridized carbons (Fsp3) is 0.333. The molecule has 0 saturated heterocycles. The fourth-order valence-corrected chi connectivity index (χ4v) is 3.94. The standard InChI is InChI=1S/C12H16N2OS3/c1-2-16-11(13)7-8-17-18-10-5-3-9(4-6-10)12(14)15/h3-6,13H,2,7-8H2,1H3,(H2,14,15)/p+1. The molecule has 0 radical (unpaired) electrons. The molecule has 0 saturated carbocycles. The van der Waals surface area contributed by atoms with Crippen molar-refractivity contribution in [2.24, 2.45) is 5.73 Å². The van der Waals surface area contributed by atoms with Crippen molar-refractivity contribution in [3.05, 3.63) is 29.8 Å². The predicted octanol–water partition coefficient (Wildman–Crippen LogP) is 1.83. The third-order valence-electron chi connectivity index (χ3n) is 2.06. The van der Waals surface area contributed by atoms with E-state index in [2.05, 4.69) is 6.92 Å². The molecule has 0 bridgehead atoms. The van der Waals surface area contributed by atoms with Crippen LogP contribution in [0, 0.1) is 0 Å². The van der Waals surface area contributed by atoms with Crippen molar-refractivity contribution >= 4 is 44.3 Å². The Labute approximate surface area is 120 Å². The highest BCUT2D eigenvalue weighted by atomic mass is 33.1. The summed E-state index contributed by atoms with van der Waals surface area (Å²) in [5.41, 5.74) is 5.72. The average molecular weight is 301 g/mol. The fourth-order valence-electron chi connectivity index (χ4n) is 1.18. The molecule has 0 aliphatic rings. The van der Waals surface area contributed by atoms with Crippen LogP contribution < -0.4 is 11.1 Å². The van der Waals surface area contributed by atoms with Crippen LogP contribution in [0.1, 0.15) is 23.7 Å². The lowest BCUT2D eigenvalue weighted by Crippen LogP contribution is -2.37. The summed E-state index contributed by atoms with van der Waals surface area (Å²) in [6.07, 6.45) is 0.926. The first-order chi connectivity index (χ1) is 8.63. The first-order valence-electron chi connectivity index (χ1n) is 5.57. The second-order valence-corrected chi connectivity index (χ2v) is 7.32. The van der Waals surface area contributed by atoms with Gasteiger partial charge >= 0.3 is 0 Å². The van der Waals surface area contributed by atoms with Crippen molar-refractivity contribution in [3.63, 3.8) is 0 Å². The summed E-state index contributed by atoms with van der Waals surface area (Å²) in [7, 11) is 3.45. The second kappa shape index (κ2) is 8.50. The molecule has 1 rings (SSSR count). The Kier molecular flexibility index (Phi) is 7.31. The van der Waals surface area contributed by atoms with Gasteiger partial charge in [0.25, 0.3) is 0 Å². The molecular weight excluding hydrogens is 284 g/mol. The molecule has 0 spiro atoms. The van der Waals surface area contributed by atoms with Crippen LogP contribution in [0.15, 0.2) is 29.2 Å². The molecule has 6 heteroatoms. The van der Waals surface area contributed by atoms with E-state index in [9.17, 15) is 4.79 Å². The Hall–Kier alpha value is -0.590. The minimum Gasteiger partial charge on any atom is -0.366 e. The highest BCUT2D eigenvalue weighted by molar-refractivity contribution is 8.76. The van der Waals surface area contributed by atoms with Gasteiger partial charge in [0.15, 0.2) is 0 Å². The third-order valence-corrected chi connectivity index (χ3v) is 5.30. The third kappa shape index (κ3) is 5.84. The average Bonchev–Trinajstić information content (AvgIpc) is 2.35. The van der Waals surface area contributed by atoms with Crippen molar-refractivity contribution < 1.29 is 10.2 Å². The van der Waals surface area contributed by atoms with Crippen LogP contribution in [0.25, 0.3) is 0 Å². The van der Waals surface area contributed by atoms with E-state index in [1.54, 1.807) is 45.5 Å². The molecule has 0 aliphatic heterocycles. The molecule has 0 fully saturated rings. The Bertz CT molecular complexity index is 406. The molecule has 0 aromatic heterocycles. The van der Waals surface area contributed by atoms with Gasteiger partial charge in [-0.05, 0) is 24.3 Å². The van der Waals surface area contributed by atoms with E-state index in [4.69, 9.17) is 11.1 Å². The molecule has 0 heterocycles. The lowest BCUT2D eigenvalue weighted by Gasteiger charge is -2.01. The zero-order valence-electron chi connectivity index (χ0n) is 10.2. The summed E-state index contributed by atoms with van der Waals surface area (Å²) in [5.74, 6) is 1.62. The number of nitrogens with two attached hydrogens (primary N) is 2. The summed E-state index contributed by atoms with van der Waals surface area (Å²) < 4.78 is 0. The number of rotatable bonds is 7. The molecule has 0 aliphatic carbocycles. The molecule has 0 unspecified atom stereocenters. The van der Waals surface area contributed by atoms with Crippen LogP contribution in [-0.2, 0) is 0 Å². The number of hydrogen-bond acceptors (Lipinski definition) is 4. The summed E-state index contributed by atoms with van der Waals surface area (Å²) in [6.45, 7) is 2.10. The maximum atomic E-state index is 10.9. The Morgan fingerprint density at radius 3 is 2.56 bits per heavy atom. The Morgan fingerprint density at radius 1 is 1.33 bits per heavy atom. The SMILES string of the molecule is CCSC(=[NH2+])CCSSc1ccc(C(N)=O)cc1. The van der Waals surface area contributed by atoms with E-state index < -0.39 is 5.91 Å². The van der Waals surface area contributed by atoms with Gasteiger partial charge in [0, 0.05) is 28.4 Å². The molecule has 0 atom stereocenters. The van der Waals surface area contributed by atoms with Gasteiger partial charge in [-0.25, -0.2) is 0 Å². The number of carbonyl (C=O) groups excluding carboxylic acids is 1. The van der Waals surface area contributed by atoms with E-state index in [-0.39, 0.29) is 0 Å². The van der Waals surface area contributed by atoms with Gasteiger partial charge in [-0.15, -0.1) is 0 Å². The largest absolute Gasteiger partial charge is 0.366 e. The topological polar surface area (TPSA) is 68.7 Å². The van der Waals surface area contributed by atoms with Crippen LogP contribution in [0.4, 0.5) is 0 Å². The van der Waals surface area contributed by atoms with Crippen molar-refractivity contribution in [2.45, 2.75) is 18.2 Å². The molecule has 98 valence electrons. The van der Waals surface area contributed by atoms with Crippen LogP contribution >= 0.6 is 33.3 Å². The first kappa shape index (κ1) is 15.5. The molecule has 4 N–H and O–H groups in total. The summed E-state index contributed by atoms with van der Waals surface area (Å²) >= 11 is 1.70. The lowest BCUT2D eigenvalue weighted by atomic mass is 10.2. The lowest BCUT2D eigenvalue weighted by molar-refractivity contribution is -0.110.